The number of urea groups is 1. The van der Waals surface area contributed by atoms with Crippen molar-refractivity contribution >= 4 is 6.03 Å². The zero-order valence-corrected chi connectivity index (χ0v) is 15.4. The highest BCUT2D eigenvalue weighted by molar-refractivity contribution is 5.74. The van der Waals surface area contributed by atoms with Gasteiger partial charge in [-0.05, 0) is 25.6 Å². The van der Waals surface area contributed by atoms with Gasteiger partial charge in [0.25, 0.3) is 0 Å². The maximum Gasteiger partial charge on any atom is 0.315 e. The molecule has 0 saturated carbocycles. The van der Waals surface area contributed by atoms with Crippen molar-refractivity contribution < 1.29 is 4.79 Å². The van der Waals surface area contributed by atoms with Gasteiger partial charge in [-0.2, -0.15) is 0 Å². The normalized spacial score (nSPS) is 13.5. The average Bonchev–Trinajstić information content (AvgIpc) is 3.05. The molecule has 0 aliphatic rings. The van der Waals surface area contributed by atoms with Gasteiger partial charge in [0.2, 0.25) is 0 Å². The molecule has 1 heterocycles. The van der Waals surface area contributed by atoms with Crippen molar-refractivity contribution in [1.82, 2.24) is 30.3 Å². The lowest BCUT2D eigenvalue weighted by Crippen LogP contribution is -2.43. The topological polar surface area (TPSA) is 75.1 Å². The quantitative estimate of drug-likeness (QED) is 0.770. The molecule has 0 bridgehead atoms. The molecule has 25 heavy (non-hydrogen) atoms. The summed E-state index contributed by atoms with van der Waals surface area (Å²) in [7, 11) is 1.86. The van der Waals surface area contributed by atoms with Gasteiger partial charge in [0.05, 0.1) is 12.1 Å². The molecule has 7 nitrogen and oxygen atoms in total. The summed E-state index contributed by atoms with van der Waals surface area (Å²) in [5.74, 6) is 0.721. The molecular weight excluding hydrogens is 316 g/mol. The van der Waals surface area contributed by atoms with E-state index < -0.39 is 0 Å². The largest absolute Gasteiger partial charge is 0.336 e. The zero-order chi connectivity index (χ0) is 18.2. The molecule has 2 N–H and O–H groups in total. The van der Waals surface area contributed by atoms with Gasteiger partial charge in [-0.15, -0.1) is 10.2 Å². The lowest BCUT2D eigenvalue weighted by molar-refractivity contribution is 0.205. The summed E-state index contributed by atoms with van der Waals surface area (Å²) in [6.45, 7) is 8.56. The van der Waals surface area contributed by atoms with E-state index in [9.17, 15) is 4.79 Å². The zero-order valence-electron chi connectivity index (χ0n) is 15.4. The molecule has 136 valence electrons. The molecule has 0 saturated heterocycles. The lowest BCUT2D eigenvalue weighted by Gasteiger charge is -2.30. The second kappa shape index (κ2) is 9.17. The number of amides is 2. The molecule has 1 aromatic carbocycles. The molecule has 7 heteroatoms. The van der Waals surface area contributed by atoms with E-state index in [2.05, 4.69) is 51.7 Å². The minimum atomic E-state index is -0.212. The van der Waals surface area contributed by atoms with Crippen LogP contribution >= 0.6 is 0 Å². The Labute approximate surface area is 149 Å². The van der Waals surface area contributed by atoms with E-state index in [1.165, 1.54) is 5.56 Å². The fourth-order valence-electron chi connectivity index (χ4n) is 2.98. The Balaban J connectivity index is 1.97. The van der Waals surface area contributed by atoms with Gasteiger partial charge in [-0.25, -0.2) is 4.79 Å². The van der Waals surface area contributed by atoms with Crippen LogP contribution in [0.1, 0.15) is 44.2 Å². The number of carbonyl (C=O) groups is 1. The number of hydrogen-bond donors (Lipinski definition) is 2. The van der Waals surface area contributed by atoms with Gasteiger partial charge >= 0.3 is 6.03 Å². The molecule has 2 aromatic rings. The van der Waals surface area contributed by atoms with Gasteiger partial charge in [0.15, 0.2) is 5.82 Å². The van der Waals surface area contributed by atoms with Crippen molar-refractivity contribution in [3.8, 4) is 0 Å². The van der Waals surface area contributed by atoms with Crippen LogP contribution in [0.15, 0.2) is 36.7 Å². The molecule has 0 spiro atoms. The molecule has 0 aliphatic carbocycles. The third-order valence-corrected chi connectivity index (χ3v) is 4.37. The fourth-order valence-corrected chi connectivity index (χ4v) is 2.98. The maximum atomic E-state index is 12.3. The molecule has 0 unspecified atom stereocenters. The van der Waals surface area contributed by atoms with Crippen molar-refractivity contribution in [3.05, 3.63) is 48.0 Å². The molecule has 2 amide bonds. The highest BCUT2D eigenvalue weighted by Gasteiger charge is 2.20. The molecule has 2 atom stereocenters. The average molecular weight is 344 g/mol. The molecule has 2 rings (SSSR count). The first-order valence-corrected chi connectivity index (χ1v) is 8.74. The van der Waals surface area contributed by atoms with E-state index in [0.29, 0.717) is 6.54 Å². The Morgan fingerprint density at radius 3 is 2.48 bits per heavy atom. The molecular formula is C18H28N6O. The first-order valence-electron chi connectivity index (χ1n) is 8.74. The fraction of sp³-hybridized carbons (Fsp3) is 0.500. The smallest absolute Gasteiger partial charge is 0.315 e. The van der Waals surface area contributed by atoms with E-state index in [-0.39, 0.29) is 18.1 Å². The van der Waals surface area contributed by atoms with Crippen LogP contribution in [-0.4, -0.2) is 45.3 Å². The van der Waals surface area contributed by atoms with E-state index in [1.807, 2.05) is 32.2 Å². The van der Waals surface area contributed by atoms with Crippen LogP contribution in [0, 0.1) is 0 Å². The number of carbonyl (C=O) groups excluding carboxylic acids is 1. The first kappa shape index (κ1) is 18.9. The van der Waals surface area contributed by atoms with Crippen molar-refractivity contribution in [2.75, 3.05) is 19.6 Å². The summed E-state index contributed by atoms with van der Waals surface area (Å²) in [6.07, 6.45) is 1.62. The Kier molecular flexibility index (Phi) is 6.94. The summed E-state index contributed by atoms with van der Waals surface area (Å²) < 4.78 is 1.80. The number of hydrogen-bond acceptors (Lipinski definition) is 4. The van der Waals surface area contributed by atoms with E-state index in [1.54, 1.807) is 10.9 Å². The van der Waals surface area contributed by atoms with Crippen molar-refractivity contribution in [2.45, 2.75) is 32.9 Å². The Morgan fingerprint density at radius 1 is 1.24 bits per heavy atom. The summed E-state index contributed by atoms with van der Waals surface area (Å²) in [6, 6.07) is 10.00. The van der Waals surface area contributed by atoms with Gasteiger partial charge in [-0.3, -0.25) is 4.90 Å². The monoisotopic (exact) mass is 344 g/mol. The van der Waals surface area contributed by atoms with Gasteiger partial charge in [-0.1, -0.05) is 44.2 Å². The number of benzene rings is 1. The van der Waals surface area contributed by atoms with Crippen LogP contribution in [-0.2, 0) is 7.05 Å². The maximum absolute atomic E-state index is 12.3. The molecule has 0 fully saturated rings. The predicted octanol–water partition coefficient (Wildman–Crippen LogP) is 2.26. The lowest BCUT2D eigenvalue weighted by atomic mass is 10.1. The highest BCUT2D eigenvalue weighted by atomic mass is 16.2. The SMILES string of the molecule is CCN(CC)[C@H](CNC(=O)N[C@@H](C)c1nncn1C)c1ccccc1. The van der Waals surface area contributed by atoms with Crippen LogP contribution < -0.4 is 10.6 Å². The Hall–Kier alpha value is -2.41. The van der Waals surface area contributed by atoms with E-state index in [4.69, 9.17) is 0 Å². The third-order valence-electron chi connectivity index (χ3n) is 4.37. The van der Waals surface area contributed by atoms with Crippen LogP contribution in [0.4, 0.5) is 4.79 Å². The van der Waals surface area contributed by atoms with Crippen LogP contribution in [0.25, 0.3) is 0 Å². The van der Waals surface area contributed by atoms with Crippen molar-refractivity contribution in [3.63, 3.8) is 0 Å². The molecule has 1 aromatic heterocycles. The van der Waals surface area contributed by atoms with Crippen LogP contribution in [0.2, 0.25) is 0 Å². The van der Waals surface area contributed by atoms with Gasteiger partial charge in [0, 0.05) is 13.6 Å². The summed E-state index contributed by atoms with van der Waals surface area (Å²) >= 11 is 0. The first-order chi connectivity index (χ1) is 12.1. The highest BCUT2D eigenvalue weighted by Crippen LogP contribution is 2.19. The van der Waals surface area contributed by atoms with Crippen LogP contribution in [0.5, 0.6) is 0 Å². The predicted molar refractivity (Wildman–Crippen MR) is 98.1 cm³/mol. The number of nitrogens with zero attached hydrogens (tertiary/aromatic N) is 4. The Morgan fingerprint density at radius 2 is 1.92 bits per heavy atom. The Bertz CT molecular complexity index is 653. The minimum Gasteiger partial charge on any atom is -0.336 e. The number of rotatable bonds is 8. The van der Waals surface area contributed by atoms with Crippen molar-refractivity contribution in [1.29, 1.82) is 0 Å². The van der Waals surface area contributed by atoms with Crippen LogP contribution in [0.3, 0.4) is 0 Å². The number of likely N-dealkylation sites (N-methyl/N-ethyl adjacent to an activating group) is 1. The molecule has 0 aliphatic heterocycles. The van der Waals surface area contributed by atoms with Crippen molar-refractivity contribution in [2.24, 2.45) is 7.05 Å². The van der Waals surface area contributed by atoms with E-state index in [0.717, 1.165) is 18.9 Å². The minimum absolute atomic E-state index is 0.145. The summed E-state index contributed by atoms with van der Waals surface area (Å²) in [5.41, 5.74) is 1.20. The standard InChI is InChI=1S/C18H28N6O/c1-5-24(6-2)16(15-10-8-7-9-11-15)12-19-18(25)21-14(3)17-22-20-13-23(17)4/h7-11,13-14,16H,5-6,12H2,1-4H3,(H2,19,21,25)/t14-,16+/m0/s1. The number of aryl methyl sites for hydroxylation is 1. The van der Waals surface area contributed by atoms with E-state index >= 15 is 0 Å². The number of nitrogens with one attached hydrogen (secondary N) is 2. The van der Waals surface area contributed by atoms with Gasteiger partial charge < -0.3 is 15.2 Å². The molecule has 0 radical (unpaired) electrons. The second-order valence-electron chi connectivity index (χ2n) is 6.02. The summed E-state index contributed by atoms with van der Waals surface area (Å²) in [5, 5.41) is 13.8. The second-order valence-corrected chi connectivity index (χ2v) is 6.02. The third kappa shape index (κ3) is 5.03. The summed E-state index contributed by atoms with van der Waals surface area (Å²) in [4.78, 5) is 14.6. The number of aromatic nitrogens is 3. The van der Waals surface area contributed by atoms with Gasteiger partial charge in [0.1, 0.15) is 6.33 Å².